The van der Waals surface area contributed by atoms with Gasteiger partial charge in [-0.1, -0.05) is 12.1 Å². The Balaban J connectivity index is 1.70. The molecule has 4 rings (SSSR count). The van der Waals surface area contributed by atoms with Gasteiger partial charge in [0.25, 0.3) is 0 Å². The van der Waals surface area contributed by atoms with E-state index in [4.69, 9.17) is 25.2 Å². The molecule has 2 aliphatic heterocycles. The fourth-order valence-corrected chi connectivity index (χ4v) is 4.09. The number of hydrazine groups is 1. The second-order valence-corrected chi connectivity index (χ2v) is 8.51. The summed E-state index contributed by atoms with van der Waals surface area (Å²) < 4.78 is 10.8. The largest absolute Gasteiger partial charge is 0.497 e. The first-order chi connectivity index (χ1) is 15.4. The number of hydrogen-bond donors (Lipinski definition) is 3. The van der Waals surface area contributed by atoms with E-state index < -0.39 is 5.60 Å². The Morgan fingerprint density at radius 3 is 2.50 bits per heavy atom. The molecule has 0 bridgehead atoms. The number of aromatic nitrogens is 2. The van der Waals surface area contributed by atoms with E-state index >= 15 is 0 Å². The van der Waals surface area contributed by atoms with Crippen molar-refractivity contribution in [1.82, 2.24) is 15.4 Å². The van der Waals surface area contributed by atoms with Crippen LogP contribution in [0.3, 0.4) is 0 Å². The molecule has 2 aliphatic rings. The van der Waals surface area contributed by atoms with Crippen LogP contribution in [-0.2, 0) is 11.3 Å². The third-order valence-corrected chi connectivity index (χ3v) is 5.96. The molecule has 0 amide bonds. The van der Waals surface area contributed by atoms with E-state index in [0.717, 1.165) is 24.4 Å². The van der Waals surface area contributed by atoms with Crippen molar-refractivity contribution in [3.8, 4) is 5.75 Å². The number of anilines is 4. The lowest BCUT2D eigenvalue weighted by Crippen LogP contribution is -2.40. The van der Waals surface area contributed by atoms with Gasteiger partial charge < -0.3 is 30.1 Å². The van der Waals surface area contributed by atoms with Crippen molar-refractivity contribution in [1.29, 1.82) is 0 Å². The highest BCUT2D eigenvalue weighted by atomic mass is 16.5. The Labute approximate surface area is 188 Å². The number of ether oxygens (including phenoxy) is 2. The van der Waals surface area contributed by atoms with Crippen molar-refractivity contribution in [2.24, 2.45) is 0 Å². The number of hydrogen-bond acceptors (Lipinski definition) is 10. The molecular formula is C22H33N7O3. The van der Waals surface area contributed by atoms with E-state index in [9.17, 15) is 5.11 Å². The summed E-state index contributed by atoms with van der Waals surface area (Å²) in [4.78, 5) is 13.8. The zero-order chi connectivity index (χ0) is 22.7. The summed E-state index contributed by atoms with van der Waals surface area (Å²) in [5, 5.41) is 12.4. The monoisotopic (exact) mass is 443 g/mol. The highest BCUT2D eigenvalue weighted by Gasteiger charge is 2.34. The van der Waals surface area contributed by atoms with Gasteiger partial charge in [0.15, 0.2) is 11.6 Å². The van der Waals surface area contributed by atoms with Gasteiger partial charge in [-0.15, -0.1) is 0 Å². The van der Waals surface area contributed by atoms with Crippen LogP contribution < -0.4 is 30.7 Å². The quantitative estimate of drug-likeness (QED) is 0.536. The van der Waals surface area contributed by atoms with Crippen LogP contribution in [0.5, 0.6) is 5.75 Å². The van der Waals surface area contributed by atoms with E-state index in [2.05, 4.69) is 10.3 Å². The van der Waals surface area contributed by atoms with Crippen molar-refractivity contribution >= 4 is 23.3 Å². The van der Waals surface area contributed by atoms with Crippen LogP contribution >= 0.6 is 0 Å². The molecule has 0 unspecified atom stereocenters. The van der Waals surface area contributed by atoms with Crippen LogP contribution in [0.4, 0.5) is 23.3 Å². The van der Waals surface area contributed by atoms with Crippen LogP contribution in [0.15, 0.2) is 24.3 Å². The molecule has 1 aromatic carbocycles. The van der Waals surface area contributed by atoms with Crippen molar-refractivity contribution < 1.29 is 14.6 Å². The van der Waals surface area contributed by atoms with Gasteiger partial charge in [-0.2, -0.15) is 9.97 Å². The van der Waals surface area contributed by atoms with Crippen LogP contribution in [0.2, 0.25) is 0 Å². The molecule has 3 heterocycles. The number of nitrogen functional groups attached to an aromatic ring is 1. The molecule has 0 spiro atoms. The van der Waals surface area contributed by atoms with E-state index in [1.165, 1.54) is 0 Å². The SMILES string of the molecule is CNN(Cc1ccc(OC)cc1)c1nc(N2CCOCC2)nc(N2CC[C@](C)(O)C2)c1N. The minimum atomic E-state index is -0.761. The van der Waals surface area contributed by atoms with Gasteiger partial charge in [0.1, 0.15) is 11.4 Å². The molecule has 2 fully saturated rings. The third-order valence-electron chi connectivity index (χ3n) is 5.96. The zero-order valence-corrected chi connectivity index (χ0v) is 19.0. The summed E-state index contributed by atoms with van der Waals surface area (Å²) in [6.07, 6.45) is 0.667. The maximum atomic E-state index is 10.5. The Morgan fingerprint density at radius 2 is 1.91 bits per heavy atom. The number of aliphatic hydroxyl groups is 1. The molecule has 174 valence electrons. The summed E-state index contributed by atoms with van der Waals surface area (Å²) >= 11 is 0. The van der Waals surface area contributed by atoms with Crippen molar-refractivity contribution in [3.05, 3.63) is 29.8 Å². The fourth-order valence-electron chi connectivity index (χ4n) is 4.09. The Morgan fingerprint density at radius 1 is 1.19 bits per heavy atom. The van der Waals surface area contributed by atoms with Crippen LogP contribution in [-0.4, -0.2) is 74.2 Å². The van der Waals surface area contributed by atoms with Crippen LogP contribution in [0.1, 0.15) is 18.9 Å². The predicted molar refractivity (Wildman–Crippen MR) is 125 cm³/mol. The normalized spacial score (nSPS) is 21.1. The summed E-state index contributed by atoms with van der Waals surface area (Å²) in [6.45, 7) is 6.29. The van der Waals surface area contributed by atoms with Gasteiger partial charge in [0.2, 0.25) is 5.95 Å². The highest BCUT2D eigenvalue weighted by molar-refractivity contribution is 5.78. The lowest BCUT2D eigenvalue weighted by Gasteiger charge is -2.31. The molecule has 0 radical (unpaired) electrons. The molecule has 10 nitrogen and oxygen atoms in total. The van der Waals surface area contributed by atoms with Gasteiger partial charge in [-0.05, 0) is 31.0 Å². The Bertz CT molecular complexity index is 916. The number of benzene rings is 1. The molecule has 0 aliphatic carbocycles. The highest BCUT2D eigenvalue weighted by Crippen LogP contribution is 2.36. The van der Waals surface area contributed by atoms with Crippen molar-refractivity contribution in [3.63, 3.8) is 0 Å². The van der Waals surface area contributed by atoms with Gasteiger partial charge in [-0.25, -0.2) is 5.43 Å². The number of methoxy groups -OCH3 is 1. The first kappa shape index (κ1) is 22.4. The second-order valence-electron chi connectivity index (χ2n) is 8.51. The van der Waals surface area contributed by atoms with E-state index in [1.54, 1.807) is 7.11 Å². The molecule has 2 saturated heterocycles. The molecule has 10 heteroatoms. The summed E-state index contributed by atoms with van der Waals surface area (Å²) in [5.74, 6) is 2.70. The molecule has 1 aromatic heterocycles. The molecule has 32 heavy (non-hydrogen) atoms. The van der Waals surface area contributed by atoms with Crippen LogP contribution in [0.25, 0.3) is 0 Å². The number of rotatable bonds is 7. The first-order valence-electron chi connectivity index (χ1n) is 11.0. The zero-order valence-electron chi connectivity index (χ0n) is 19.0. The predicted octanol–water partition coefficient (Wildman–Crippen LogP) is 1.01. The van der Waals surface area contributed by atoms with Gasteiger partial charge in [0.05, 0.1) is 32.5 Å². The minimum absolute atomic E-state index is 0.480. The smallest absolute Gasteiger partial charge is 0.229 e. The van der Waals surface area contributed by atoms with Gasteiger partial charge in [-0.3, -0.25) is 5.01 Å². The molecule has 1 atom stereocenters. The average molecular weight is 444 g/mol. The lowest BCUT2D eigenvalue weighted by atomic mass is 10.1. The first-order valence-corrected chi connectivity index (χ1v) is 11.0. The number of morpholine rings is 1. The summed E-state index contributed by atoms with van der Waals surface area (Å²) in [7, 11) is 3.50. The molecule has 0 saturated carbocycles. The van der Waals surface area contributed by atoms with E-state index in [-0.39, 0.29) is 0 Å². The average Bonchev–Trinajstić information content (AvgIpc) is 3.18. The standard InChI is InChI=1S/C22H33N7O3/c1-22(30)8-9-28(15-22)19-18(23)20(26-21(25-19)27-10-12-32-13-11-27)29(24-2)14-16-4-6-17(31-3)7-5-16/h4-7,24,30H,8-15,23H2,1-3H3/t22-/m0/s1. The van der Waals surface area contributed by atoms with Gasteiger partial charge in [0, 0.05) is 33.2 Å². The molecule has 4 N–H and O–H groups in total. The lowest BCUT2D eigenvalue weighted by molar-refractivity contribution is 0.0839. The summed E-state index contributed by atoms with van der Waals surface area (Å²) in [5.41, 5.74) is 10.7. The van der Waals surface area contributed by atoms with E-state index in [1.807, 2.05) is 48.1 Å². The maximum Gasteiger partial charge on any atom is 0.229 e. The molecule has 2 aromatic rings. The molecular weight excluding hydrogens is 410 g/mol. The van der Waals surface area contributed by atoms with Crippen molar-refractivity contribution in [2.75, 3.05) is 74.1 Å². The Kier molecular flexibility index (Phi) is 6.54. The number of nitrogens with zero attached hydrogens (tertiary/aromatic N) is 5. The maximum absolute atomic E-state index is 10.5. The number of nitrogens with two attached hydrogens (primary N) is 1. The third kappa shape index (κ3) is 4.82. The Hall–Kier alpha value is -2.82. The topological polar surface area (TPSA) is 112 Å². The number of β-amino-alcohol motifs (C(OH)–C–C–N with tert-alkyl or cyclic N) is 1. The van der Waals surface area contributed by atoms with Crippen LogP contribution in [0, 0.1) is 0 Å². The minimum Gasteiger partial charge on any atom is -0.497 e. The number of nitrogens with one attached hydrogen (secondary N) is 1. The fraction of sp³-hybridized carbons (Fsp3) is 0.545. The van der Waals surface area contributed by atoms with Gasteiger partial charge >= 0.3 is 0 Å². The summed E-state index contributed by atoms with van der Waals surface area (Å²) in [6, 6.07) is 7.90. The second kappa shape index (κ2) is 9.35. The van der Waals surface area contributed by atoms with E-state index in [0.29, 0.717) is 62.5 Å². The van der Waals surface area contributed by atoms with Crippen molar-refractivity contribution in [2.45, 2.75) is 25.5 Å².